The van der Waals surface area contributed by atoms with Crippen molar-refractivity contribution in [2.75, 3.05) is 6.54 Å². The normalized spacial score (nSPS) is 12.6. The molecule has 1 aromatic heterocycles. The molecule has 0 amide bonds. The van der Waals surface area contributed by atoms with Gasteiger partial charge in [0.15, 0.2) is 0 Å². The van der Waals surface area contributed by atoms with Gasteiger partial charge in [0.1, 0.15) is 5.15 Å². The first-order valence-corrected chi connectivity index (χ1v) is 6.90. The molecule has 1 atom stereocenters. The summed E-state index contributed by atoms with van der Waals surface area (Å²) in [5.74, 6) is -0.313. The molecular weight excluding hydrogens is 266 g/mol. The zero-order valence-corrected chi connectivity index (χ0v) is 12.5. The van der Waals surface area contributed by atoms with Crippen molar-refractivity contribution in [1.82, 2.24) is 15.1 Å². The Morgan fingerprint density at radius 2 is 2.21 bits per heavy atom. The maximum atomic E-state index is 10.5. The third-order valence-electron chi connectivity index (χ3n) is 3.24. The van der Waals surface area contributed by atoms with E-state index in [0.29, 0.717) is 17.6 Å². The minimum absolute atomic E-state index is 0.245. The van der Waals surface area contributed by atoms with Crippen LogP contribution >= 0.6 is 11.6 Å². The number of aliphatic carboxylic acids is 1. The molecule has 6 heteroatoms. The first-order chi connectivity index (χ1) is 8.91. The molecule has 0 fully saturated rings. The Balaban J connectivity index is 2.25. The van der Waals surface area contributed by atoms with Gasteiger partial charge in [-0.2, -0.15) is 5.10 Å². The minimum atomic E-state index is -0.724. The largest absolute Gasteiger partial charge is 0.481 e. The van der Waals surface area contributed by atoms with Gasteiger partial charge < -0.3 is 10.4 Å². The number of carboxylic acids is 1. The number of hydrogen-bond acceptors (Lipinski definition) is 3. The van der Waals surface area contributed by atoms with E-state index < -0.39 is 5.97 Å². The maximum Gasteiger partial charge on any atom is 0.303 e. The monoisotopic (exact) mass is 287 g/mol. The summed E-state index contributed by atoms with van der Waals surface area (Å²) < 4.78 is 1.67. The van der Waals surface area contributed by atoms with Gasteiger partial charge in [-0.25, -0.2) is 0 Å². The SMILES string of the molecule is Cc1nn(C)c(Cl)c1CNCCC(C)CCC(=O)O. The molecule has 0 bridgehead atoms. The highest BCUT2D eigenvalue weighted by Gasteiger charge is 2.10. The van der Waals surface area contributed by atoms with E-state index in [4.69, 9.17) is 16.7 Å². The van der Waals surface area contributed by atoms with E-state index >= 15 is 0 Å². The van der Waals surface area contributed by atoms with Crippen molar-refractivity contribution in [2.45, 2.75) is 39.7 Å². The number of halogens is 1. The van der Waals surface area contributed by atoms with Crippen LogP contribution in [0.1, 0.15) is 37.4 Å². The topological polar surface area (TPSA) is 67.2 Å². The minimum Gasteiger partial charge on any atom is -0.481 e. The van der Waals surface area contributed by atoms with Crippen LogP contribution in [0.2, 0.25) is 5.15 Å². The molecule has 0 saturated heterocycles. The standard InChI is InChI=1S/C13H22ClN3O2/c1-9(4-5-12(18)19)6-7-15-8-11-10(2)16-17(3)13(11)14/h9,15H,4-8H2,1-3H3,(H,18,19). The second-order valence-electron chi connectivity index (χ2n) is 4.98. The molecule has 19 heavy (non-hydrogen) atoms. The molecule has 1 unspecified atom stereocenters. The fourth-order valence-electron chi connectivity index (χ4n) is 1.95. The van der Waals surface area contributed by atoms with Crippen LogP contribution in [0.4, 0.5) is 0 Å². The molecule has 0 radical (unpaired) electrons. The number of carboxylic acid groups (broad SMARTS) is 1. The van der Waals surface area contributed by atoms with E-state index in [1.165, 1.54) is 0 Å². The summed E-state index contributed by atoms with van der Waals surface area (Å²) in [4.78, 5) is 10.5. The molecule has 0 aliphatic carbocycles. The molecule has 108 valence electrons. The molecule has 5 nitrogen and oxygen atoms in total. The molecule has 1 heterocycles. The van der Waals surface area contributed by atoms with Gasteiger partial charge in [-0.05, 0) is 32.2 Å². The third kappa shape index (κ3) is 5.20. The Morgan fingerprint density at radius 1 is 1.53 bits per heavy atom. The van der Waals surface area contributed by atoms with Crippen LogP contribution in [-0.2, 0) is 18.4 Å². The van der Waals surface area contributed by atoms with Gasteiger partial charge >= 0.3 is 5.97 Å². The highest BCUT2D eigenvalue weighted by molar-refractivity contribution is 6.30. The summed E-state index contributed by atoms with van der Waals surface area (Å²) in [6.45, 7) is 5.57. The third-order valence-corrected chi connectivity index (χ3v) is 3.71. The van der Waals surface area contributed by atoms with Crippen LogP contribution in [0.5, 0.6) is 0 Å². The predicted molar refractivity (Wildman–Crippen MR) is 75.3 cm³/mol. The Labute approximate surface area is 118 Å². The fraction of sp³-hybridized carbons (Fsp3) is 0.692. The highest BCUT2D eigenvalue weighted by Crippen LogP contribution is 2.18. The number of rotatable bonds is 8. The van der Waals surface area contributed by atoms with E-state index in [1.807, 2.05) is 14.0 Å². The van der Waals surface area contributed by atoms with Crippen LogP contribution in [0.3, 0.4) is 0 Å². The summed E-state index contributed by atoms with van der Waals surface area (Å²) >= 11 is 6.14. The van der Waals surface area contributed by atoms with E-state index in [2.05, 4.69) is 17.3 Å². The molecule has 1 rings (SSSR count). The average Bonchev–Trinajstić information content (AvgIpc) is 2.57. The summed E-state index contributed by atoms with van der Waals surface area (Å²) in [5, 5.41) is 16.9. The van der Waals surface area contributed by atoms with Gasteiger partial charge in [0.25, 0.3) is 0 Å². The van der Waals surface area contributed by atoms with Crippen molar-refractivity contribution in [2.24, 2.45) is 13.0 Å². The summed E-state index contributed by atoms with van der Waals surface area (Å²) in [5.41, 5.74) is 1.97. The van der Waals surface area contributed by atoms with E-state index in [-0.39, 0.29) is 6.42 Å². The van der Waals surface area contributed by atoms with Crippen LogP contribution in [-0.4, -0.2) is 27.4 Å². The average molecular weight is 288 g/mol. The first-order valence-electron chi connectivity index (χ1n) is 6.52. The van der Waals surface area contributed by atoms with Crippen molar-refractivity contribution in [3.8, 4) is 0 Å². The molecule has 0 aliphatic rings. The van der Waals surface area contributed by atoms with Crippen molar-refractivity contribution in [3.05, 3.63) is 16.4 Å². The second kappa shape index (κ2) is 7.50. The van der Waals surface area contributed by atoms with Crippen molar-refractivity contribution < 1.29 is 9.90 Å². The number of nitrogens with zero attached hydrogens (tertiary/aromatic N) is 2. The summed E-state index contributed by atoms with van der Waals surface area (Å²) in [6.07, 6.45) is 1.93. The first kappa shape index (κ1) is 16.0. The van der Waals surface area contributed by atoms with Crippen molar-refractivity contribution in [1.29, 1.82) is 0 Å². The Morgan fingerprint density at radius 3 is 2.74 bits per heavy atom. The molecule has 0 aromatic carbocycles. The summed E-state index contributed by atoms with van der Waals surface area (Å²) in [6, 6.07) is 0. The van der Waals surface area contributed by atoms with Gasteiger partial charge in [0.2, 0.25) is 0 Å². The van der Waals surface area contributed by atoms with E-state index in [1.54, 1.807) is 4.68 Å². The van der Waals surface area contributed by atoms with Crippen LogP contribution in [0.25, 0.3) is 0 Å². The summed E-state index contributed by atoms with van der Waals surface area (Å²) in [7, 11) is 1.83. The van der Waals surface area contributed by atoms with E-state index in [9.17, 15) is 4.79 Å². The van der Waals surface area contributed by atoms with Crippen LogP contribution in [0.15, 0.2) is 0 Å². The number of carbonyl (C=O) groups is 1. The smallest absolute Gasteiger partial charge is 0.303 e. The van der Waals surface area contributed by atoms with Crippen LogP contribution in [0, 0.1) is 12.8 Å². The number of aryl methyl sites for hydroxylation is 2. The highest BCUT2D eigenvalue weighted by atomic mass is 35.5. The Kier molecular flexibility index (Phi) is 6.31. The zero-order valence-electron chi connectivity index (χ0n) is 11.7. The van der Waals surface area contributed by atoms with Crippen molar-refractivity contribution >= 4 is 17.6 Å². The molecule has 0 saturated carbocycles. The van der Waals surface area contributed by atoms with Gasteiger partial charge in [-0.15, -0.1) is 0 Å². The predicted octanol–water partition coefficient (Wildman–Crippen LogP) is 2.36. The molecule has 0 spiro atoms. The van der Waals surface area contributed by atoms with Gasteiger partial charge in [0, 0.05) is 25.6 Å². The van der Waals surface area contributed by atoms with Gasteiger partial charge in [-0.1, -0.05) is 18.5 Å². The van der Waals surface area contributed by atoms with Crippen LogP contribution < -0.4 is 5.32 Å². The Bertz CT molecular complexity index is 432. The molecule has 2 N–H and O–H groups in total. The molecule has 1 aromatic rings. The molecule has 0 aliphatic heterocycles. The number of hydrogen-bond donors (Lipinski definition) is 2. The van der Waals surface area contributed by atoms with Gasteiger partial charge in [0.05, 0.1) is 5.69 Å². The lowest BCUT2D eigenvalue weighted by molar-refractivity contribution is -0.137. The lowest BCUT2D eigenvalue weighted by Gasteiger charge is -2.10. The second-order valence-corrected chi connectivity index (χ2v) is 5.34. The molecular formula is C13H22ClN3O2. The lowest BCUT2D eigenvalue weighted by atomic mass is 10.0. The quantitative estimate of drug-likeness (QED) is 0.720. The van der Waals surface area contributed by atoms with E-state index in [0.717, 1.165) is 30.6 Å². The maximum absolute atomic E-state index is 10.5. The number of aromatic nitrogens is 2. The lowest BCUT2D eigenvalue weighted by Crippen LogP contribution is -2.17. The van der Waals surface area contributed by atoms with Gasteiger partial charge in [-0.3, -0.25) is 9.48 Å². The Hall–Kier alpha value is -1.07. The number of nitrogens with one attached hydrogen (secondary N) is 1. The zero-order chi connectivity index (χ0) is 14.4. The fourth-order valence-corrected chi connectivity index (χ4v) is 2.19. The van der Waals surface area contributed by atoms with Crippen molar-refractivity contribution in [3.63, 3.8) is 0 Å².